The molecule has 0 N–H and O–H groups in total. The molecule has 170 valence electrons. The lowest BCUT2D eigenvalue weighted by atomic mass is 10.1. The molecule has 4 nitrogen and oxygen atoms in total. The molecule has 1 aliphatic rings. The van der Waals surface area contributed by atoms with Crippen molar-refractivity contribution < 1.29 is 21.6 Å². The third-order valence-corrected chi connectivity index (χ3v) is 9.02. The maximum Gasteiger partial charge on any atom is 0.417 e. The summed E-state index contributed by atoms with van der Waals surface area (Å²) in [6.45, 7) is 2.96. The smallest absolute Gasteiger partial charge is 0.348 e. The van der Waals surface area contributed by atoms with Crippen molar-refractivity contribution in [3.8, 4) is 11.3 Å². The zero-order valence-corrected chi connectivity index (χ0v) is 19.1. The average Bonchev–Trinajstić information content (AvgIpc) is 3.29. The van der Waals surface area contributed by atoms with Crippen molar-refractivity contribution in [3.05, 3.63) is 65.0 Å². The standard InChI is InChI=1S/C23H23F3N2O2S2/c1-2-16-7-9-17(10-8-16)20-15-31-22(27-20)28-13-11-18(12-14-28)32(29,30)21-6-4-3-5-19(21)23(24,25)26/h3-10,15,18H,2,11-14H2,1H3. The van der Waals surface area contributed by atoms with Crippen LogP contribution in [0.15, 0.2) is 58.8 Å². The van der Waals surface area contributed by atoms with Gasteiger partial charge in [0.05, 0.1) is 21.4 Å². The van der Waals surface area contributed by atoms with Crippen molar-refractivity contribution >= 4 is 26.3 Å². The Hall–Kier alpha value is -2.39. The number of aryl methyl sites for hydroxylation is 1. The first kappa shape index (κ1) is 22.8. The lowest BCUT2D eigenvalue weighted by molar-refractivity contribution is -0.139. The molecule has 1 fully saturated rings. The first-order chi connectivity index (χ1) is 15.2. The number of hydrogen-bond donors (Lipinski definition) is 0. The average molecular weight is 481 g/mol. The van der Waals surface area contributed by atoms with Crippen LogP contribution >= 0.6 is 11.3 Å². The molecule has 0 spiro atoms. The van der Waals surface area contributed by atoms with Crippen LogP contribution in [-0.2, 0) is 22.4 Å². The number of hydrogen-bond acceptors (Lipinski definition) is 5. The van der Waals surface area contributed by atoms with Gasteiger partial charge in [0.2, 0.25) is 0 Å². The van der Waals surface area contributed by atoms with Gasteiger partial charge in [-0.2, -0.15) is 13.2 Å². The highest BCUT2D eigenvalue weighted by Gasteiger charge is 2.40. The molecule has 1 aliphatic heterocycles. The van der Waals surface area contributed by atoms with Gasteiger partial charge in [0, 0.05) is 24.0 Å². The summed E-state index contributed by atoms with van der Waals surface area (Å²) in [5, 5.41) is 1.92. The minimum Gasteiger partial charge on any atom is -0.348 e. The first-order valence-electron chi connectivity index (χ1n) is 10.4. The molecule has 1 saturated heterocycles. The molecule has 3 aromatic rings. The fourth-order valence-electron chi connectivity index (χ4n) is 3.94. The van der Waals surface area contributed by atoms with Crippen LogP contribution in [0, 0.1) is 0 Å². The highest BCUT2D eigenvalue weighted by Crippen LogP contribution is 2.37. The van der Waals surface area contributed by atoms with E-state index in [-0.39, 0.29) is 12.8 Å². The maximum atomic E-state index is 13.3. The second-order valence-corrected chi connectivity index (χ2v) is 10.8. The molecule has 32 heavy (non-hydrogen) atoms. The van der Waals surface area contributed by atoms with Crippen LogP contribution in [0.2, 0.25) is 0 Å². The molecule has 2 aromatic carbocycles. The SMILES string of the molecule is CCc1ccc(-c2csc(N3CCC(S(=O)(=O)c4ccccc4C(F)(F)F)CC3)n2)cc1. The third kappa shape index (κ3) is 4.54. The summed E-state index contributed by atoms with van der Waals surface area (Å²) in [7, 11) is -4.09. The van der Waals surface area contributed by atoms with Gasteiger partial charge in [-0.15, -0.1) is 11.3 Å². The normalized spacial score (nSPS) is 15.8. The fourth-order valence-corrected chi connectivity index (χ4v) is 6.78. The predicted octanol–water partition coefficient (Wildman–Crippen LogP) is 5.83. The van der Waals surface area contributed by atoms with Gasteiger partial charge in [-0.1, -0.05) is 43.3 Å². The Kier molecular flexibility index (Phi) is 6.31. The molecule has 0 aliphatic carbocycles. The number of rotatable bonds is 5. The van der Waals surface area contributed by atoms with Crippen molar-refractivity contribution in [1.29, 1.82) is 0 Å². The summed E-state index contributed by atoms with van der Waals surface area (Å²) in [5.41, 5.74) is 2.04. The van der Waals surface area contributed by atoms with Crippen molar-refractivity contribution in [2.24, 2.45) is 0 Å². The van der Waals surface area contributed by atoms with Gasteiger partial charge in [-0.3, -0.25) is 0 Å². The number of alkyl halides is 3. The molecule has 0 bridgehead atoms. The van der Waals surface area contributed by atoms with Crippen LogP contribution in [0.4, 0.5) is 18.3 Å². The second-order valence-electron chi connectivity index (χ2n) is 7.79. The minimum absolute atomic E-state index is 0.259. The number of anilines is 1. The van der Waals surface area contributed by atoms with Gasteiger partial charge in [0.15, 0.2) is 15.0 Å². The second kappa shape index (κ2) is 8.86. The quantitative estimate of drug-likeness (QED) is 0.461. The summed E-state index contributed by atoms with van der Waals surface area (Å²) < 4.78 is 66.0. The molecule has 0 amide bonds. The number of nitrogens with zero attached hydrogens (tertiary/aromatic N) is 2. The Bertz CT molecular complexity index is 1180. The predicted molar refractivity (Wildman–Crippen MR) is 121 cm³/mol. The van der Waals surface area contributed by atoms with Crippen LogP contribution in [0.5, 0.6) is 0 Å². The van der Waals surface area contributed by atoms with E-state index >= 15 is 0 Å². The summed E-state index contributed by atoms with van der Waals surface area (Å²) in [6.07, 6.45) is -3.23. The molecule has 0 unspecified atom stereocenters. The number of sulfone groups is 1. The zero-order valence-electron chi connectivity index (χ0n) is 17.5. The number of halogens is 3. The molecule has 2 heterocycles. The number of benzene rings is 2. The number of thiazole rings is 1. The van der Waals surface area contributed by atoms with E-state index in [1.165, 1.54) is 29.0 Å². The fraction of sp³-hybridized carbons (Fsp3) is 0.348. The van der Waals surface area contributed by atoms with E-state index in [1.807, 2.05) is 22.4 Å². The topological polar surface area (TPSA) is 50.3 Å². The number of aromatic nitrogens is 1. The zero-order chi connectivity index (χ0) is 22.9. The van der Waals surface area contributed by atoms with Crippen LogP contribution in [0.25, 0.3) is 11.3 Å². The van der Waals surface area contributed by atoms with Crippen LogP contribution < -0.4 is 4.90 Å². The van der Waals surface area contributed by atoms with Crippen molar-refractivity contribution in [2.45, 2.75) is 42.5 Å². The first-order valence-corrected chi connectivity index (χ1v) is 12.8. The van der Waals surface area contributed by atoms with Gasteiger partial charge in [0.25, 0.3) is 0 Å². The molecule has 0 atom stereocenters. The lowest BCUT2D eigenvalue weighted by Crippen LogP contribution is -2.39. The van der Waals surface area contributed by atoms with E-state index in [1.54, 1.807) is 0 Å². The van der Waals surface area contributed by atoms with Gasteiger partial charge in [-0.05, 0) is 37.0 Å². The molecule has 9 heteroatoms. The van der Waals surface area contributed by atoms with Crippen molar-refractivity contribution in [1.82, 2.24) is 4.98 Å². The molecular formula is C23H23F3N2O2S2. The van der Waals surface area contributed by atoms with E-state index in [0.717, 1.165) is 34.9 Å². The number of piperidine rings is 1. The highest BCUT2D eigenvalue weighted by molar-refractivity contribution is 7.92. The molecule has 0 radical (unpaired) electrons. The molecular weight excluding hydrogens is 457 g/mol. The molecule has 0 saturated carbocycles. The van der Waals surface area contributed by atoms with Crippen molar-refractivity contribution in [3.63, 3.8) is 0 Å². The van der Waals surface area contributed by atoms with Crippen LogP contribution in [0.3, 0.4) is 0 Å². The highest BCUT2D eigenvalue weighted by atomic mass is 32.2. The van der Waals surface area contributed by atoms with E-state index in [9.17, 15) is 21.6 Å². The van der Waals surface area contributed by atoms with E-state index in [0.29, 0.717) is 13.1 Å². The summed E-state index contributed by atoms with van der Waals surface area (Å²) >= 11 is 1.49. The van der Waals surface area contributed by atoms with Gasteiger partial charge in [0.1, 0.15) is 0 Å². The Balaban J connectivity index is 1.47. The monoisotopic (exact) mass is 480 g/mol. The van der Waals surface area contributed by atoms with Crippen LogP contribution in [-0.4, -0.2) is 31.7 Å². The van der Waals surface area contributed by atoms with Gasteiger partial charge >= 0.3 is 6.18 Å². The molecule has 4 rings (SSSR count). The summed E-state index contributed by atoms with van der Waals surface area (Å²) in [4.78, 5) is 6.08. The Morgan fingerprint density at radius 2 is 1.72 bits per heavy atom. The maximum absolute atomic E-state index is 13.3. The summed E-state index contributed by atoms with van der Waals surface area (Å²) in [6, 6.07) is 12.6. The summed E-state index contributed by atoms with van der Waals surface area (Å²) in [5.74, 6) is 0. The minimum atomic E-state index is -4.71. The third-order valence-electron chi connectivity index (χ3n) is 5.80. The van der Waals surface area contributed by atoms with E-state index < -0.39 is 31.7 Å². The Labute approximate surface area is 189 Å². The van der Waals surface area contributed by atoms with E-state index in [2.05, 4.69) is 19.1 Å². The van der Waals surface area contributed by atoms with E-state index in [4.69, 9.17) is 4.98 Å². The molecule has 1 aromatic heterocycles. The van der Waals surface area contributed by atoms with Crippen LogP contribution in [0.1, 0.15) is 30.9 Å². The Morgan fingerprint density at radius 3 is 2.34 bits per heavy atom. The van der Waals surface area contributed by atoms with Crippen molar-refractivity contribution in [2.75, 3.05) is 18.0 Å². The lowest BCUT2D eigenvalue weighted by Gasteiger charge is -2.31. The van der Waals surface area contributed by atoms with Gasteiger partial charge < -0.3 is 4.90 Å². The Morgan fingerprint density at radius 1 is 1.06 bits per heavy atom. The van der Waals surface area contributed by atoms with Gasteiger partial charge in [-0.25, -0.2) is 13.4 Å². The largest absolute Gasteiger partial charge is 0.417 e.